The Balaban J connectivity index is 0.000000188. The van der Waals surface area contributed by atoms with Crippen LogP contribution in [0, 0.1) is 0 Å². The molecule has 6 rings (SSSR count). The molecule has 8 nitrogen and oxygen atoms in total. The molecule has 248 valence electrons. The average molecular weight is 673 g/mol. The van der Waals surface area contributed by atoms with Crippen LogP contribution < -0.4 is 18.9 Å². The van der Waals surface area contributed by atoms with Gasteiger partial charge in [0.2, 0.25) is 12.2 Å². The smallest absolute Gasteiger partial charge is 0.430 e. The van der Waals surface area contributed by atoms with E-state index in [9.17, 15) is 35.9 Å². The van der Waals surface area contributed by atoms with E-state index in [1.165, 1.54) is 36.4 Å². The number of fused-ring (bicyclic) bond motifs is 2. The topological polar surface area (TPSA) is 112 Å². The molecule has 0 fully saturated rings. The SMILES string of the molecule is O=C(O)C1=Cc2c(Oc3ccccc3)cccc2OC1C(F)(F)F.O=C(O)C1=Cc2c(Oc3ccccc3)cccc2O[C@@H]1C(F)(F)F. The van der Waals surface area contributed by atoms with Crippen molar-refractivity contribution in [3.05, 3.63) is 119 Å². The standard InChI is InChI=1S/2C17H11F3O4/c2*18-17(19,20)15-12(16(21)22)9-11-13(7-4-8-14(11)24-15)23-10-5-2-1-3-6-10/h2*1-9,15H,(H,21,22)/t15-;/m0./s1. The maximum absolute atomic E-state index is 13.0. The molecule has 2 aliphatic heterocycles. The zero-order valence-electron chi connectivity index (χ0n) is 24.2. The molecule has 48 heavy (non-hydrogen) atoms. The van der Waals surface area contributed by atoms with Crippen LogP contribution in [0.4, 0.5) is 26.3 Å². The molecule has 2 aliphatic rings. The molecule has 0 spiro atoms. The van der Waals surface area contributed by atoms with Crippen molar-refractivity contribution in [1.82, 2.24) is 0 Å². The highest BCUT2D eigenvalue weighted by atomic mass is 19.4. The number of carbonyl (C=O) groups is 2. The molecule has 0 saturated heterocycles. The Labute approximate surface area is 267 Å². The number of hydrogen-bond donors (Lipinski definition) is 2. The monoisotopic (exact) mass is 672 g/mol. The fourth-order valence-electron chi connectivity index (χ4n) is 4.62. The fourth-order valence-corrected chi connectivity index (χ4v) is 4.62. The van der Waals surface area contributed by atoms with E-state index in [1.54, 1.807) is 60.7 Å². The minimum Gasteiger partial charge on any atom is -0.478 e. The summed E-state index contributed by atoms with van der Waals surface area (Å²) >= 11 is 0. The van der Waals surface area contributed by atoms with Gasteiger partial charge in [0.1, 0.15) is 34.5 Å². The molecular formula is C34H22F6O8. The van der Waals surface area contributed by atoms with Crippen molar-refractivity contribution in [1.29, 1.82) is 0 Å². The molecule has 0 aliphatic carbocycles. The first-order chi connectivity index (χ1) is 22.7. The summed E-state index contributed by atoms with van der Waals surface area (Å²) in [4.78, 5) is 22.4. The van der Waals surface area contributed by atoms with E-state index in [2.05, 4.69) is 0 Å². The van der Waals surface area contributed by atoms with Crippen LogP contribution in [0.5, 0.6) is 34.5 Å². The van der Waals surface area contributed by atoms with Crippen LogP contribution in [-0.2, 0) is 9.59 Å². The van der Waals surface area contributed by atoms with Crippen molar-refractivity contribution in [3.8, 4) is 34.5 Å². The third-order valence-corrected chi connectivity index (χ3v) is 6.74. The van der Waals surface area contributed by atoms with Gasteiger partial charge in [-0.3, -0.25) is 0 Å². The minimum atomic E-state index is -4.84. The lowest BCUT2D eigenvalue weighted by Crippen LogP contribution is -2.40. The van der Waals surface area contributed by atoms with Crippen LogP contribution in [0.2, 0.25) is 0 Å². The number of benzene rings is 4. The van der Waals surface area contributed by atoms with Crippen molar-refractivity contribution >= 4 is 24.1 Å². The van der Waals surface area contributed by atoms with Crippen LogP contribution in [0.3, 0.4) is 0 Å². The van der Waals surface area contributed by atoms with Gasteiger partial charge in [0, 0.05) is 0 Å². The molecule has 0 radical (unpaired) electrons. The zero-order chi connectivity index (χ0) is 34.6. The molecule has 0 saturated carbocycles. The Morgan fingerprint density at radius 2 is 0.896 bits per heavy atom. The number of aliphatic carboxylic acids is 2. The molecule has 2 heterocycles. The van der Waals surface area contributed by atoms with E-state index in [0.29, 0.717) is 11.5 Å². The van der Waals surface area contributed by atoms with Gasteiger partial charge in [0.05, 0.1) is 22.3 Å². The summed E-state index contributed by atoms with van der Waals surface area (Å²) in [6, 6.07) is 25.9. The second-order valence-corrected chi connectivity index (χ2v) is 10.1. The fraction of sp³-hybridized carbons (Fsp3) is 0.118. The zero-order valence-corrected chi connectivity index (χ0v) is 24.2. The third-order valence-electron chi connectivity index (χ3n) is 6.74. The highest BCUT2D eigenvalue weighted by molar-refractivity contribution is 5.96. The van der Waals surface area contributed by atoms with E-state index >= 15 is 0 Å². The Hall–Kier alpha value is -5.92. The minimum absolute atomic E-state index is 0.0873. The van der Waals surface area contributed by atoms with E-state index < -0.39 is 47.6 Å². The largest absolute Gasteiger partial charge is 0.478 e. The number of carboxylic acid groups (broad SMARTS) is 2. The van der Waals surface area contributed by atoms with Crippen molar-refractivity contribution < 1.29 is 65.1 Å². The summed E-state index contributed by atoms with van der Waals surface area (Å²) in [7, 11) is 0. The first kappa shape index (κ1) is 33.4. The summed E-state index contributed by atoms with van der Waals surface area (Å²) in [5.41, 5.74) is -1.48. The van der Waals surface area contributed by atoms with Gasteiger partial charge in [0.15, 0.2) is 0 Å². The Morgan fingerprint density at radius 1 is 0.542 bits per heavy atom. The van der Waals surface area contributed by atoms with Crippen molar-refractivity contribution in [2.45, 2.75) is 24.6 Å². The van der Waals surface area contributed by atoms with Crippen LogP contribution in [0.1, 0.15) is 11.1 Å². The van der Waals surface area contributed by atoms with Crippen molar-refractivity contribution in [3.63, 3.8) is 0 Å². The normalized spacial score (nSPS) is 16.6. The Morgan fingerprint density at radius 3 is 1.21 bits per heavy atom. The van der Waals surface area contributed by atoms with Gasteiger partial charge in [-0.05, 0) is 60.7 Å². The van der Waals surface area contributed by atoms with Crippen molar-refractivity contribution in [2.24, 2.45) is 0 Å². The van der Waals surface area contributed by atoms with Gasteiger partial charge in [-0.15, -0.1) is 0 Å². The van der Waals surface area contributed by atoms with Crippen LogP contribution in [0.25, 0.3) is 12.2 Å². The number of alkyl halides is 6. The maximum atomic E-state index is 13.0. The van der Waals surface area contributed by atoms with Gasteiger partial charge in [-0.25, -0.2) is 9.59 Å². The number of hydrogen-bond acceptors (Lipinski definition) is 6. The van der Waals surface area contributed by atoms with E-state index in [4.69, 9.17) is 29.2 Å². The lowest BCUT2D eigenvalue weighted by atomic mass is 10.0. The van der Waals surface area contributed by atoms with Gasteiger partial charge in [0.25, 0.3) is 0 Å². The average Bonchev–Trinajstić information content (AvgIpc) is 3.04. The van der Waals surface area contributed by atoms with Gasteiger partial charge in [-0.1, -0.05) is 48.5 Å². The van der Waals surface area contributed by atoms with Gasteiger partial charge >= 0.3 is 24.3 Å². The summed E-state index contributed by atoms with van der Waals surface area (Å²) < 4.78 is 99.2. The molecule has 2 atom stereocenters. The van der Waals surface area contributed by atoms with Crippen LogP contribution in [-0.4, -0.2) is 46.7 Å². The maximum Gasteiger partial charge on any atom is 0.430 e. The predicted molar refractivity (Wildman–Crippen MR) is 158 cm³/mol. The Bertz CT molecular complexity index is 1730. The van der Waals surface area contributed by atoms with E-state index in [0.717, 1.165) is 12.2 Å². The number of carboxylic acids is 2. The van der Waals surface area contributed by atoms with E-state index in [1.807, 2.05) is 0 Å². The highest BCUT2D eigenvalue weighted by Crippen LogP contribution is 2.43. The number of ether oxygens (including phenoxy) is 4. The van der Waals surface area contributed by atoms with Gasteiger partial charge in [-0.2, -0.15) is 26.3 Å². The highest BCUT2D eigenvalue weighted by Gasteiger charge is 2.49. The molecule has 2 N–H and O–H groups in total. The summed E-state index contributed by atoms with van der Waals surface area (Å²) in [6.07, 6.45) is -12.8. The third kappa shape index (κ3) is 7.54. The molecule has 0 aromatic heterocycles. The second-order valence-electron chi connectivity index (χ2n) is 10.1. The number of halogens is 6. The quantitative estimate of drug-likeness (QED) is 0.196. The molecule has 4 aromatic rings. The predicted octanol–water partition coefficient (Wildman–Crippen LogP) is 8.54. The Kier molecular flexibility index (Phi) is 9.36. The molecular weight excluding hydrogens is 650 g/mol. The summed E-state index contributed by atoms with van der Waals surface area (Å²) in [5, 5.41) is 18.2. The molecule has 1 unspecified atom stereocenters. The lowest BCUT2D eigenvalue weighted by molar-refractivity contribution is -0.187. The lowest BCUT2D eigenvalue weighted by Gasteiger charge is -2.27. The first-order valence-corrected chi connectivity index (χ1v) is 13.8. The molecule has 14 heteroatoms. The number of rotatable bonds is 6. The summed E-state index contributed by atoms with van der Waals surface area (Å²) in [6.45, 7) is 0. The second kappa shape index (κ2) is 13.4. The molecule has 0 amide bonds. The van der Waals surface area contributed by atoms with Crippen LogP contribution >= 0.6 is 0 Å². The number of para-hydroxylation sites is 2. The van der Waals surface area contributed by atoms with Gasteiger partial charge < -0.3 is 29.2 Å². The summed E-state index contributed by atoms with van der Waals surface area (Å²) in [5.74, 6) is -2.22. The van der Waals surface area contributed by atoms with Crippen molar-refractivity contribution in [2.75, 3.05) is 0 Å². The first-order valence-electron chi connectivity index (χ1n) is 13.8. The molecule has 0 bridgehead atoms. The molecule has 4 aromatic carbocycles. The van der Waals surface area contributed by atoms with E-state index in [-0.39, 0.29) is 34.1 Å². The van der Waals surface area contributed by atoms with Crippen LogP contribution in [0.15, 0.2) is 108 Å².